The predicted octanol–water partition coefficient (Wildman–Crippen LogP) is 1.44. The van der Waals surface area contributed by atoms with Gasteiger partial charge in [-0.15, -0.1) is 0 Å². The molecule has 0 radical (unpaired) electrons. The van der Waals surface area contributed by atoms with Crippen LogP contribution in [0.5, 0.6) is 0 Å². The lowest BCUT2D eigenvalue weighted by molar-refractivity contribution is -0.162. The van der Waals surface area contributed by atoms with Crippen molar-refractivity contribution in [3.8, 4) is 0 Å². The van der Waals surface area contributed by atoms with Crippen molar-refractivity contribution in [2.24, 2.45) is 0 Å². The topological polar surface area (TPSA) is 71.5 Å². The number of ether oxygens (including phenoxy) is 1. The van der Waals surface area contributed by atoms with E-state index in [2.05, 4.69) is 10.3 Å². The monoisotopic (exact) mass is 343 g/mol. The maximum Gasteiger partial charge on any atom is 0.251 e. The number of benzene rings is 1. The zero-order valence-corrected chi connectivity index (χ0v) is 13.7. The number of carbonyl (C=O) groups excluding carboxylic acids is 2. The number of carbonyl (C=O) groups is 2. The lowest BCUT2D eigenvalue weighted by Crippen LogP contribution is -2.52. The van der Waals surface area contributed by atoms with Gasteiger partial charge in [0.15, 0.2) is 6.10 Å². The van der Waals surface area contributed by atoms with E-state index in [0.29, 0.717) is 12.1 Å². The minimum atomic E-state index is -0.871. The number of aromatic nitrogens is 1. The third kappa shape index (κ3) is 3.83. The Hall–Kier alpha value is -2.80. The molecule has 1 aromatic heterocycles. The highest BCUT2D eigenvalue weighted by Crippen LogP contribution is 2.29. The van der Waals surface area contributed by atoms with Crippen molar-refractivity contribution in [2.75, 3.05) is 13.7 Å². The molecule has 7 heteroatoms. The fourth-order valence-corrected chi connectivity index (χ4v) is 2.78. The minimum Gasteiger partial charge on any atom is -0.356 e. The molecule has 3 rings (SSSR count). The molecule has 6 nitrogen and oxygen atoms in total. The number of pyridine rings is 1. The molecule has 130 valence electrons. The van der Waals surface area contributed by atoms with E-state index in [1.54, 1.807) is 37.6 Å². The first-order valence-corrected chi connectivity index (χ1v) is 7.85. The van der Waals surface area contributed by atoms with Crippen LogP contribution in [0.3, 0.4) is 0 Å². The van der Waals surface area contributed by atoms with Crippen molar-refractivity contribution in [1.82, 2.24) is 15.2 Å². The molecular formula is C18H18FN3O3. The second kappa shape index (κ2) is 7.40. The largest absolute Gasteiger partial charge is 0.356 e. The molecule has 1 aliphatic heterocycles. The summed E-state index contributed by atoms with van der Waals surface area (Å²) >= 11 is 0. The molecule has 1 N–H and O–H groups in total. The van der Waals surface area contributed by atoms with E-state index in [9.17, 15) is 14.0 Å². The number of nitrogens with one attached hydrogen (secondary N) is 1. The lowest BCUT2D eigenvalue weighted by Gasteiger charge is -2.38. The summed E-state index contributed by atoms with van der Waals surface area (Å²) in [4.78, 5) is 30.0. The predicted molar refractivity (Wildman–Crippen MR) is 87.7 cm³/mol. The molecule has 0 bridgehead atoms. The number of hydrogen-bond donors (Lipinski definition) is 1. The summed E-state index contributed by atoms with van der Waals surface area (Å²) in [6, 6.07) is 8.73. The van der Waals surface area contributed by atoms with Gasteiger partial charge in [-0.05, 0) is 29.3 Å². The van der Waals surface area contributed by atoms with Gasteiger partial charge in [0.05, 0.1) is 6.04 Å². The second-order valence-corrected chi connectivity index (χ2v) is 5.81. The number of rotatable bonds is 4. The average Bonchev–Trinajstić information content (AvgIpc) is 2.63. The van der Waals surface area contributed by atoms with Gasteiger partial charge in [-0.3, -0.25) is 14.6 Å². The molecule has 25 heavy (non-hydrogen) atoms. The summed E-state index contributed by atoms with van der Waals surface area (Å²) in [6.07, 6.45) is 2.44. The molecule has 1 fully saturated rings. The molecule has 0 aliphatic carbocycles. The standard InChI is InChI=1S/C18H18FN3O3/c1-22-15(23)11-25-17(16(22)13-4-6-14(19)7-5-13)18(24)21-10-12-3-2-8-20-9-12/h2-9,16-17H,10-11H2,1H3,(H,21,24)/t16-,17+/m1/s1. The first-order chi connectivity index (χ1) is 12.1. The highest BCUT2D eigenvalue weighted by molar-refractivity contribution is 5.86. The zero-order valence-electron chi connectivity index (χ0n) is 13.7. The Kier molecular flexibility index (Phi) is 5.04. The van der Waals surface area contributed by atoms with Crippen LogP contribution < -0.4 is 5.32 Å². The summed E-state index contributed by atoms with van der Waals surface area (Å²) in [7, 11) is 1.61. The molecular weight excluding hydrogens is 325 g/mol. The lowest BCUT2D eigenvalue weighted by atomic mass is 9.97. The Morgan fingerprint density at radius 1 is 1.36 bits per heavy atom. The third-order valence-corrected chi connectivity index (χ3v) is 4.14. The summed E-state index contributed by atoms with van der Waals surface area (Å²) in [5, 5.41) is 2.80. The Morgan fingerprint density at radius 3 is 2.80 bits per heavy atom. The number of amides is 2. The highest BCUT2D eigenvalue weighted by atomic mass is 19.1. The van der Waals surface area contributed by atoms with E-state index in [4.69, 9.17) is 4.74 Å². The highest BCUT2D eigenvalue weighted by Gasteiger charge is 2.39. The average molecular weight is 343 g/mol. The van der Waals surface area contributed by atoms with Gasteiger partial charge in [0, 0.05) is 26.0 Å². The Labute approximate surface area is 144 Å². The molecule has 0 unspecified atom stereocenters. The fourth-order valence-electron chi connectivity index (χ4n) is 2.78. The number of morpholine rings is 1. The molecule has 1 aliphatic rings. The maximum absolute atomic E-state index is 13.2. The van der Waals surface area contributed by atoms with Crippen LogP contribution >= 0.6 is 0 Å². The first-order valence-electron chi connectivity index (χ1n) is 7.85. The smallest absolute Gasteiger partial charge is 0.251 e. The van der Waals surface area contributed by atoms with Crippen LogP contribution in [0.2, 0.25) is 0 Å². The quantitative estimate of drug-likeness (QED) is 0.912. The van der Waals surface area contributed by atoms with Crippen LogP contribution in [-0.4, -0.2) is 41.5 Å². The van der Waals surface area contributed by atoms with Crippen molar-refractivity contribution >= 4 is 11.8 Å². The van der Waals surface area contributed by atoms with Gasteiger partial charge in [0.25, 0.3) is 5.91 Å². The van der Waals surface area contributed by atoms with Gasteiger partial charge < -0.3 is 15.0 Å². The van der Waals surface area contributed by atoms with Crippen LogP contribution in [-0.2, 0) is 20.9 Å². The minimum absolute atomic E-state index is 0.167. The van der Waals surface area contributed by atoms with E-state index >= 15 is 0 Å². The van der Waals surface area contributed by atoms with E-state index in [0.717, 1.165) is 5.56 Å². The summed E-state index contributed by atoms with van der Waals surface area (Å²) in [5.41, 5.74) is 1.49. The molecule has 1 saturated heterocycles. The Bertz CT molecular complexity index is 752. The molecule has 1 aromatic carbocycles. The molecule has 0 saturated carbocycles. The number of nitrogens with zero attached hydrogens (tertiary/aromatic N) is 2. The van der Waals surface area contributed by atoms with Gasteiger partial charge in [-0.25, -0.2) is 4.39 Å². The van der Waals surface area contributed by atoms with E-state index in [1.807, 2.05) is 6.07 Å². The normalized spacial score (nSPS) is 20.4. The van der Waals surface area contributed by atoms with Crippen molar-refractivity contribution < 1.29 is 18.7 Å². The first kappa shape index (κ1) is 17.0. The zero-order chi connectivity index (χ0) is 17.8. The van der Waals surface area contributed by atoms with Crippen molar-refractivity contribution in [3.05, 3.63) is 65.7 Å². The molecule has 0 spiro atoms. The molecule has 2 aromatic rings. The van der Waals surface area contributed by atoms with Gasteiger partial charge >= 0.3 is 0 Å². The number of hydrogen-bond acceptors (Lipinski definition) is 4. The van der Waals surface area contributed by atoms with Crippen molar-refractivity contribution in [3.63, 3.8) is 0 Å². The second-order valence-electron chi connectivity index (χ2n) is 5.81. The third-order valence-electron chi connectivity index (χ3n) is 4.14. The van der Waals surface area contributed by atoms with Crippen LogP contribution in [0.25, 0.3) is 0 Å². The number of likely N-dealkylation sites (N-methyl/N-ethyl adjacent to an activating group) is 1. The van der Waals surface area contributed by atoms with E-state index in [-0.39, 0.29) is 24.2 Å². The van der Waals surface area contributed by atoms with E-state index in [1.165, 1.54) is 17.0 Å². The van der Waals surface area contributed by atoms with Gasteiger partial charge in [0.2, 0.25) is 5.91 Å². The van der Waals surface area contributed by atoms with Crippen LogP contribution in [0, 0.1) is 5.82 Å². The fraction of sp³-hybridized carbons (Fsp3) is 0.278. The summed E-state index contributed by atoms with van der Waals surface area (Å²) in [6.45, 7) is 0.138. The van der Waals surface area contributed by atoms with E-state index < -0.39 is 12.1 Å². The van der Waals surface area contributed by atoms with Gasteiger partial charge in [-0.2, -0.15) is 0 Å². The van der Waals surface area contributed by atoms with Crippen molar-refractivity contribution in [2.45, 2.75) is 18.7 Å². The van der Waals surface area contributed by atoms with Crippen LogP contribution in [0.4, 0.5) is 4.39 Å². The SMILES string of the molecule is CN1C(=O)CO[C@H](C(=O)NCc2cccnc2)[C@H]1c1ccc(F)cc1. The number of halogens is 1. The van der Waals surface area contributed by atoms with Crippen LogP contribution in [0.1, 0.15) is 17.2 Å². The maximum atomic E-state index is 13.2. The van der Waals surface area contributed by atoms with Gasteiger partial charge in [-0.1, -0.05) is 18.2 Å². The Balaban J connectivity index is 1.78. The summed E-state index contributed by atoms with van der Waals surface area (Å²) < 4.78 is 18.7. The molecule has 2 amide bonds. The summed E-state index contributed by atoms with van der Waals surface area (Å²) in [5.74, 6) is -0.949. The molecule has 2 atom stereocenters. The Morgan fingerprint density at radius 2 is 2.12 bits per heavy atom. The van der Waals surface area contributed by atoms with Crippen LogP contribution in [0.15, 0.2) is 48.8 Å². The van der Waals surface area contributed by atoms with Crippen molar-refractivity contribution in [1.29, 1.82) is 0 Å². The molecule has 2 heterocycles. The van der Waals surface area contributed by atoms with Gasteiger partial charge in [0.1, 0.15) is 12.4 Å².